The van der Waals surface area contributed by atoms with Gasteiger partial charge >= 0.3 is 0 Å². The van der Waals surface area contributed by atoms with Crippen LogP contribution < -0.4 is 5.32 Å². The number of furan rings is 1. The Morgan fingerprint density at radius 1 is 0.519 bits per heavy atom. The number of thiophene rings is 1. The molecule has 0 amide bonds. The van der Waals surface area contributed by atoms with Gasteiger partial charge in [-0.15, -0.1) is 11.3 Å². The number of rotatable bonds is 4. The highest BCUT2D eigenvalue weighted by molar-refractivity contribution is 7.26. The van der Waals surface area contributed by atoms with E-state index >= 15 is 0 Å². The molecule has 11 aromatic rings. The molecule has 4 nitrogen and oxygen atoms in total. The molecule has 0 spiro atoms. The van der Waals surface area contributed by atoms with E-state index in [0.29, 0.717) is 5.84 Å². The first-order valence-electron chi connectivity index (χ1n) is 18.3. The Kier molecular flexibility index (Phi) is 6.24. The highest BCUT2D eigenvalue weighted by Gasteiger charge is 2.26. The number of benzene rings is 9. The van der Waals surface area contributed by atoms with Crippen LogP contribution in [-0.2, 0) is 0 Å². The van der Waals surface area contributed by atoms with Crippen LogP contribution in [0.5, 0.6) is 0 Å². The first-order valence-corrected chi connectivity index (χ1v) is 19.1. The monoisotopic (exact) mass is 707 g/mol. The molecule has 54 heavy (non-hydrogen) atoms. The number of aliphatic imine (C=N–C) groups is 2. The zero-order valence-electron chi connectivity index (χ0n) is 28.9. The Hall–Kier alpha value is -6.82. The van der Waals surface area contributed by atoms with E-state index < -0.39 is 0 Å². The summed E-state index contributed by atoms with van der Waals surface area (Å²) in [6, 6.07) is 58.5. The predicted molar refractivity (Wildman–Crippen MR) is 228 cm³/mol. The van der Waals surface area contributed by atoms with Gasteiger partial charge in [-0.3, -0.25) is 0 Å². The summed E-state index contributed by atoms with van der Waals surface area (Å²) in [4.78, 5) is 10.6. The molecule has 1 aliphatic rings. The van der Waals surface area contributed by atoms with Crippen molar-refractivity contribution >= 4 is 97.4 Å². The van der Waals surface area contributed by atoms with Gasteiger partial charge in [0.15, 0.2) is 5.84 Å². The van der Waals surface area contributed by atoms with E-state index in [-0.39, 0.29) is 6.17 Å². The van der Waals surface area contributed by atoms with E-state index in [4.69, 9.17) is 14.4 Å². The average molecular weight is 708 g/mol. The van der Waals surface area contributed by atoms with Crippen molar-refractivity contribution in [2.24, 2.45) is 9.98 Å². The van der Waals surface area contributed by atoms with Crippen LogP contribution in [0.4, 0.5) is 0 Å². The predicted octanol–water partition coefficient (Wildman–Crippen LogP) is 13.0. The molecular formula is C49H29N3OS. The lowest BCUT2D eigenvalue weighted by Crippen LogP contribution is -2.33. The molecule has 1 unspecified atom stereocenters. The topological polar surface area (TPSA) is 49.9 Å². The Morgan fingerprint density at radius 2 is 1.20 bits per heavy atom. The van der Waals surface area contributed by atoms with Gasteiger partial charge in [0.1, 0.15) is 23.2 Å². The number of hydrogen-bond donors (Lipinski definition) is 1. The molecule has 1 N–H and O–H groups in total. The molecule has 0 bridgehead atoms. The maximum Gasteiger partial charge on any atom is 0.159 e. The molecule has 0 fully saturated rings. The lowest BCUT2D eigenvalue weighted by Gasteiger charge is -2.24. The second-order valence-electron chi connectivity index (χ2n) is 14.2. The Morgan fingerprint density at radius 3 is 2.04 bits per heavy atom. The van der Waals surface area contributed by atoms with E-state index in [9.17, 15) is 0 Å². The molecular weight excluding hydrogens is 679 g/mol. The lowest BCUT2D eigenvalue weighted by atomic mass is 9.91. The van der Waals surface area contributed by atoms with Crippen molar-refractivity contribution in [3.63, 3.8) is 0 Å². The van der Waals surface area contributed by atoms with Gasteiger partial charge in [0.25, 0.3) is 0 Å². The van der Waals surface area contributed by atoms with Gasteiger partial charge < -0.3 is 9.73 Å². The van der Waals surface area contributed by atoms with Crippen LogP contribution in [-0.4, -0.2) is 11.7 Å². The molecule has 2 aromatic heterocycles. The summed E-state index contributed by atoms with van der Waals surface area (Å²) in [6.07, 6.45) is -0.323. The molecule has 3 heterocycles. The molecule has 0 saturated carbocycles. The highest BCUT2D eigenvalue weighted by Crippen LogP contribution is 2.44. The van der Waals surface area contributed by atoms with Gasteiger partial charge in [-0.05, 0) is 85.4 Å². The molecule has 1 aliphatic heterocycles. The number of fused-ring (bicyclic) bond motifs is 7. The summed E-state index contributed by atoms with van der Waals surface area (Å²) in [7, 11) is 0. The third-order valence-electron chi connectivity index (χ3n) is 11.0. The molecule has 12 rings (SSSR count). The summed E-state index contributed by atoms with van der Waals surface area (Å²) < 4.78 is 8.96. The SMILES string of the molecule is c1ccc(C2N=C(c3cccc(-c4cc5ccc6cccc7ccc(c4)c5c67)c3)N=C(c3cc4c5ccccc5oc4c4c3sc3ccccc34)N2)cc1. The fourth-order valence-electron chi connectivity index (χ4n) is 8.52. The minimum Gasteiger partial charge on any atom is -0.455 e. The van der Waals surface area contributed by atoms with E-state index in [0.717, 1.165) is 60.1 Å². The number of hydrogen-bond acceptors (Lipinski definition) is 5. The standard InChI is InChI=1S/C49H29N3OS/c1-2-10-30(11-3-1)47-50-48(34-15-9-14-31(24-34)35-25-32-22-20-28-12-8-13-29-21-23-33(26-35)43(32)42(28)29)52-49(51-47)39-27-38-36-16-4-6-18-40(36)53-45(38)44-37-17-5-7-19-41(37)54-46(39)44/h1-27,47H,(H,50,51,52). The third kappa shape index (κ3) is 4.42. The van der Waals surface area contributed by atoms with E-state index in [1.54, 1.807) is 11.3 Å². The molecule has 5 heteroatoms. The molecule has 9 aromatic carbocycles. The normalized spacial score (nSPS) is 14.9. The van der Waals surface area contributed by atoms with Crippen molar-refractivity contribution in [2.45, 2.75) is 6.17 Å². The van der Waals surface area contributed by atoms with Crippen LogP contribution in [0.1, 0.15) is 22.9 Å². The minimum atomic E-state index is -0.323. The fraction of sp³-hybridized carbons (Fsp3) is 0.0204. The number of para-hydroxylation sites is 1. The average Bonchev–Trinajstić information content (AvgIpc) is 3.81. The smallest absolute Gasteiger partial charge is 0.159 e. The van der Waals surface area contributed by atoms with Crippen LogP contribution in [0.2, 0.25) is 0 Å². The van der Waals surface area contributed by atoms with Gasteiger partial charge in [-0.25, -0.2) is 9.98 Å². The Balaban J connectivity index is 1.06. The van der Waals surface area contributed by atoms with Crippen LogP contribution in [0.3, 0.4) is 0 Å². The largest absolute Gasteiger partial charge is 0.455 e. The Bertz CT molecular complexity index is 3310. The van der Waals surface area contributed by atoms with Crippen molar-refractivity contribution in [1.29, 1.82) is 0 Å². The van der Waals surface area contributed by atoms with E-state index in [1.807, 2.05) is 12.1 Å². The summed E-state index contributed by atoms with van der Waals surface area (Å²) >= 11 is 1.78. The van der Waals surface area contributed by atoms with Crippen LogP contribution in [0.25, 0.3) is 85.6 Å². The number of nitrogens with one attached hydrogen (secondary N) is 1. The summed E-state index contributed by atoms with van der Waals surface area (Å²) in [5.74, 6) is 1.49. The van der Waals surface area contributed by atoms with E-state index in [1.165, 1.54) is 48.0 Å². The van der Waals surface area contributed by atoms with Gasteiger partial charge in [0.2, 0.25) is 0 Å². The number of nitrogens with zero attached hydrogens (tertiary/aromatic N) is 2. The maximum atomic E-state index is 6.60. The van der Waals surface area contributed by atoms with Gasteiger partial charge in [0.05, 0.1) is 4.70 Å². The molecule has 0 radical (unpaired) electrons. The highest BCUT2D eigenvalue weighted by atomic mass is 32.1. The zero-order valence-corrected chi connectivity index (χ0v) is 29.7. The maximum absolute atomic E-state index is 6.60. The first-order chi connectivity index (χ1) is 26.7. The second kappa shape index (κ2) is 11.3. The first kappa shape index (κ1) is 29.7. The molecule has 0 saturated heterocycles. The van der Waals surface area contributed by atoms with Crippen molar-refractivity contribution in [3.05, 3.63) is 180 Å². The van der Waals surface area contributed by atoms with Crippen LogP contribution >= 0.6 is 11.3 Å². The van der Waals surface area contributed by atoms with Crippen molar-refractivity contribution in [3.8, 4) is 11.1 Å². The van der Waals surface area contributed by atoms with Crippen molar-refractivity contribution < 1.29 is 4.42 Å². The van der Waals surface area contributed by atoms with Crippen LogP contribution in [0, 0.1) is 0 Å². The van der Waals surface area contributed by atoms with E-state index in [2.05, 4.69) is 157 Å². The molecule has 0 aliphatic carbocycles. The molecule has 252 valence electrons. The third-order valence-corrected chi connectivity index (χ3v) is 12.2. The van der Waals surface area contributed by atoms with Crippen molar-refractivity contribution in [1.82, 2.24) is 5.32 Å². The van der Waals surface area contributed by atoms with Gasteiger partial charge in [0, 0.05) is 37.4 Å². The van der Waals surface area contributed by atoms with Gasteiger partial charge in [-0.2, -0.15) is 0 Å². The Labute approximate surface area is 313 Å². The summed E-state index contributed by atoms with van der Waals surface area (Å²) in [5, 5.41) is 16.0. The molecule has 1 atom stereocenters. The van der Waals surface area contributed by atoms with Gasteiger partial charge in [-0.1, -0.05) is 127 Å². The zero-order chi connectivity index (χ0) is 35.3. The number of amidine groups is 2. The lowest BCUT2D eigenvalue weighted by molar-refractivity contribution is 0.672. The fourth-order valence-corrected chi connectivity index (χ4v) is 9.74. The van der Waals surface area contributed by atoms with Crippen LogP contribution in [0.15, 0.2) is 178 Å². The summed E-state index contributed by atoms with van der Waals surface area (Å²) in [5.41, 5.74) is 7.19. The van der Waals surface area contributed by atoms with Crippen molar-refractivity contribution in [2.75, 3.05) is 0 Å². The quantitative estimate of drug-likeness (QED) is 0.185. The minimum absolute atomic E-state index is 0.323. The second-order valence-corrected chi connectivity index (χ2v) is 15.2. The summed E-state index contributed by atoms with van der Waals surface area (Å²) in [6.45, 7) is 0.